The first-order chi connectivity index (χ1) is 17.4. The molecule has 2 aliphatic heterocycles. The average molecular weight is 483 g/mol. The summed E-state index contributed by atoms with van der Waals surface area (Å²) in [5.41, 5.74) is 7.39. The third-order valence-electron chi connectivity index (χ3n) is 6.89. The van der Waals surface area contributed by atoms with Gasteiger partial charge in [0.1, 0.15) is 5.82 Å². The highest BCUT2D eigenvalue weighted by Gasteiger charge is 2.24. The molecule has 0 spiro atoms. The molecule has 0 aliphatic carbocycles. The molecular weight excluding hydrogens is 452 g/mol. The van der Waals surface area contributed by atoms with E-state index >= 15 is 0 Å². The van der Waals surface area contributed by atoms with Gasteiger partial charge in [-0.15, -0.1) is 0 Å². The highest BCUT2D eigenvalue weighted by Crippen LogP contribution is 2.36. The van der Waals surface area contributed by atoms with Gasteiger partial charge in [0.15, 0.2) is 5.69 Å². The molecule has 4 heterocycles. The lowest BCUT2D eigenvalue weighted by Gasteiger charge is -2.32. The minimum absolute atomic E-state index is 0.160. The van der Waals surface area contributed by atoms with Crippen molar-refractivity contribution in [3.05, 3.63) is 71.7 Å². The van der Waals surface area contributed by atoms with Gasteiger partial charge in [-0.05, 0) is 66.6 Å². The molecule has 184 valence electrons. The second kappa shape index (κ2) is 9.81. The van der Waals surface area contributed by atoms with Crippen LogP contribution in [0.1, 0.15) is 47.9 Å². The van der Waals surface area contributed by atoms with Crippen LogP contribution in [0.4, 0.5) is 11.5 Å². The Balaban J connectivity index is 1.47. The fourth-order valence-corrected chi connectivity index (χ4v) is 5.03. The number of methoxy groups -OCH3 is 1. The van der Waals surface area contributed by atoms with Crippen LogP contribution in [0.5, 0.6) is 5.88 Å². The van der Waals surface area contributed by atoms with E-state index in [-0.39, 0.29) is 5.91 Å². The Hall–Kier alpha value is -4.20. The van der Waals surface area contributed by atoms with E-state index in [0.717, 1.165) is 48.4 Å². The van der Waals surface area contributed by atoms with Crippen LogP contribution in [0, 0.1) is 6.92 Å². The van der Waals surface area contributed by atoms with Gasteiger partial charge in [0.25, 0.3) is 0 Å². The Bertz CT molecular complexity index is 1360. The first-order valence-corrected chi connectivity index (χ1v) is 12.1. The number of likely N-dealkylation sites (tertiary alicyclic amines) is 1. The molecule has 8 heteroatoms. The molecule has 1 saturated heterocycles. The summed E-state index contributed by atoms with van der Waals surface area (Å²) in [6, 6.07) is 8.42. The van der Waals surface area contributed by atoms with Crippen molar-refractivity contribution in [3.63, 3.8) is 0 Å². The standard InChI is InChI=1S/C28H30N6O2/c1-17-15-22(5-6-23(17)20-8-13-34(14-9-20)19(3)35)32-27-25-18(2)29-10-7-21(25)16-24(33-27)26-28(36-4)31-12-11-30-26/h5-7,10-12,15-16,20,29H,2,8-9,13-14H2,1,3-4H3,(H,32,33). The molecule has 0 atom stereocenters. The number of fused-ring (bicyclic) bond motifs is 1. The number of pyridine rings is 1. The van der Waals surface area contributed by atoms with Crippen LogP contribution >= 0.6 is 0 Å². The number of anilines is 2. The highest BCUT2D eigenvalue weighted by molar-refractivity contribution is 5.86. The van der Waals surface area contributed by atoms with Gasteiger partial charge >= 0.3 is 0 Å². The van der Waals surface area contributed by atoms with Gasteiger partial charge in [0.2, 0.25) is 11.8 Å². The van der Waals surface area contributed by atoms with E-state index in [4.69, 9.17) is 9.72 Å². The summed E-state index contributed by atoms with van der Waals surface area (Å²) in [6.07, 6.45) is 9.06. The zero-order chi connectivity index (χ0) is 25.2. The highest BCUT2D eigenvalue weighted by atomic mass is 16.5. The molecule has 0 saturated carbocycles. The summed E-state index contributed by atoms with van der Waals surface area (Å²) in [5.74, 6) is 1.72. The number of benzene rings is 1. The SMILES string of the molecule is C=C1NC=Cc2cc(-c3nccnc3OC)nc(Nc3ccc(C4CCN(C(C)=O)CC4)c(C)c3)c21. The molecule has 0 unspecified atom stereocenters. The van der Waals surface area contributed by atoms with Crippen molar-refractivity contribution in [2.75, 3.05) is 25.5 Å². The van der Waals surface area contributed by atoms with Gasteiger partial charge in [-0.3, -0.25) is 4.79 Å². The molecule has 2 N–H and O–H groups in total. The lowest BCUT2D eigenvalue weighted by Crippen LogP contribution is -2.36. The maximum Gasteiger partial charge on any atom is 0.241 e. The van der Waals surface area contributed by atoms with Crippen molar-refractivity contribution in [3.8, 4) is 17.3 Å². The molecule has 2 aliphatic rings. The summed E-state index contributed by atoms with van der Waals surface area (Å²) in [4.78, 5) is 27.3. The van der Waals surface area contributed by atoms with E-state index in [0.29, 0.717) is 29.0 Å². The first kappa shape index (κ1) is 23.5. The monoisotopic (exact) mass is 482 g/mol. The number of nitrogens with zero attached hydrogens (tertiary/aromatic N) is 4. The molecule has 8 nitrogen and oxygen atoms in total. The predicted molar refractivity (Wildman–Crippen MR) is 142 cm³/mol. The Morgan fingerprint density at radius 3 is 2.69 bits per heavy atom. The number of nitrogens with one attached hydrogen (secondary N) is 2. The molecule has 2 aromatic heterocycles. The predicted octanol–water partition coefficient (Wildman–Crippen LogP) is 4.87. The van der Waals surface area contributed by atoms with Crippen molar-refractivity contribution in [1.29, 1.82) is 0 Å². The molecule has 1 amide bonds. The zero-order valence-corrected chi connectivity index (χ0v) is 20.8. The lowest BCUT2D eigenvalue weighted by atomic mass is 9.86. The summed E-state index contributed by atoms with van der Waals surface area (Å²) < 4.78 is 5.43. The molecule has 3 aromatic rings. The molecule has 0 radical (unpaired) electrons. The molecule has 5 rings (SSSR count). The quantitative estimate of drug-likeness (QED) is 0.536. The third kappa shape index (κ3) is 4.54. The number of hydrogen-bond donors (Lipinski definition) is 2. The van der Waals surface area contributed by atoms with Crippen molar-refractivity contribution in [1.82, 2.24) is 25.2 Å². The number of ether oxygens (including phenoxy) is 1. The topological polar surface area (TPSA) is 92.3 Å². The summed E-state index contributed by atoms with van der Waals surface area (Å²) >= 11 is 0. The van der Waals surface area contributed by atoms with Crippen LogP contribution in [-0.4, -0.2) is 46.0 Å². The van der Waals surface area contributed by atoms with Gasteiger partial charge in [-0.25, -0.2) is 15.0 Å². The fourth-order valence-electron chi connectivity index (χ4n) is 5.03. The summed E-state index contributed by atoms with van der Waals surface area (Å²) in [5, 5.41) is 6.70. The van der Waals surface area contributed by atoms with Crippen LogP contribution in [0.2, 0.25) is 0 Å². The molecule has 1 aromatic carbocycles. The molecule has 36 heavy (non-hydrogen) atoms. The van der Waals surface area contributed by atoms with Gasteiger partial charge < -0.3 is 20.3 Å². The Morgan fingerprint density at radius 2 is 1.97 bits per heavy atom. The molecule has 1 fully saturated rings. The van der Waals surface area contributed by atoms with Crippen molar-refractivity contribution >= 4 is 29.2 Å². The van der Waals surface area contributed by atoms with Crippen molar-refractivity contribution in [2.24, 2.45) is 0 Å². The van der Waals surface area contributed by atoms with E-state index in [2.05, 4.69) is 52.3 Å². The number of aromatic nitrogens is 3. The maximum atomic E-state index is 11.7. The smallest absolute Gasteiger partial charge is 0.241 e. The van der Waals surface area contributed by atoms with E-state index in [9.17, 15) is 4.79 Å². The number of piperidine rings is 1. The fraction of sp³-hybridized carbons (Fsp3) is 0.286. The van der Waals surface area contributed by atoms with Gasteiger partial charge in [0.05, 0.1) is 12.8 Å². The Morgan fingerprint density at radius 1 is 1.19 bits per heavy atom. The van der Waals surface area contributed by atoms with E-state index in [1.54, 1.807) is 26.4 Å². The normalized spacial score (nSPS) is 15.3. The average Bonchev–Trinajstić information content (AvgIpc) is 2.88. The zero-order valence-electron chi connectivity index (χ0n) is 20.8. The number of carbonyl (C=O) groups excluding carboxylic acids is 1. The van der Waals surface area contributed by atoms with Gasteiger partial charge in [-0.2, -0.15) is 0 Å². The Kier molecular flexibility index (Phi) is 6.41. The van der Waals surface area contributed by atoms with Crippen LogP contribution in [0.25, 0.3) is 23.2 Å². The van der Waals surface area contributed by atoms with Crippen LogP contribution in [-0.2, 0) is 4.79 Å². The van der Waals surface area contributed by atoms with Crippen molar-refractivity contribution in [2.45, 2.75) is 32.6 Å². The summed E-state index contributed by atoms with van der Waals surface area (Å²) in [6.45, 7) is 9.61. The third-order valence-corrected chi connectivity index (χ3v) is 6.89. The number of aryl methyl sites for hydroxylation is 1. The van der Waals surface area contributed by atoms with Crippen molar-refractivity contribution < 1.29 is 9.53 Å². The number of rotatable bonds is 5. The van der Waals surface area contributed by atoms with E-state index in [1.807, 2.05) is 23.2 Å². The van der Waals surface area contributed by atoms with Gasteiger partial charge in [0, 0.05) is 55.6 Å². The lowest BCUT2D eigenvalue weighted by molar-refractivity contribution is -0.129. The van der Waals surface area contributed by atoms with E-state index < -0.39 is 0 Å². The second-order valence-corrected chi connectivity index (χ2v) is 9.17. The number of hydrogen-bond acceptors (Lipinski definition) is 7. The number of carbonyl (C=O) groups is 1. The maximum absolute atomic E-state index is 11.7. The second-order valence-electron chi connectivity index (χ2n) is 9.17. The van der Waals surface area contributed by atoms with E-state index in [1.165, 1.54) is 11.1 Å². The number of amides is 1. The van der Waals surface area contributed by atoms with Crippen LogP contribution in [0.15, 0.2) is 49.4 Å². The molecule has 0 bridgehead atoms. The minimum atomic E-state index is 0.160. The largest absolute Gasteiger partial charge is 0.479 e. The summed E-state index contributed by atoms with van der Waals surface area (Å²) in [7, 11) is 1.57. The van der Waals surface area contributed by atoms with Gasteiger partial charge in [-0.1, -0.05) is 12.6 Å². The van der Waals surface area contributed by atoms with Crippen LogP contribution in [0.3, 0.4) is 0 Å². The minimum Gasteiger partial charge on any atom is -0.479 e. The molecular formula is C28H30N6O2. The van der Waals surface area contributed by atoms with Crippen LogP contribution < -0.4 is 15.4 Å². The Labute approximate surface area is 211 Å². The first-order valence-electron chi connectivity index (χ1n) is 12.1.